The van der Waals surface area contributed by atoms with Crippen molar-refractivity contribution in [3.63, 3.8) is 0 Å². The fourth-order valence-electron chi connectivity index (χ4n) is 1.12. The molecule has 0 heterocycles. The van der Waals surface area contributed by atoms with Crippen LogP contribution in [0.1, 0.15) is 33.1 Å². The van der Waals surface area contributed by atoms with Crippen LogP contribution in [0.25, 0.3) is 0 Å². The zero-order valence-corrected chi connectivity index (χ0v) is 9.12. The van der Waals surface area contributed by atoms with E-state index in [0.717, 1.165) is 6.42 Å². The maximum absolute atomic E-state index is 11.3. The van der Waals surface area contributed by atoms with E-state index in [-0.39, 0.29) is 12.1 Å². The SMILES string of the molecule is CCOC(CC(=O)CCCN)OCC. The lowest BCUT2D eigenvalue weighted by atomic mass is 10.1. The molecule has 4 nitrogen and oxygen atoms in total. The molecule has 0 radical (unpaired) electrons. The van der Waals surface area contributed by atoms with Gasteiger partial charge in [0.15, 0.2) is 6.29 Å². The predicted octanol–water partition coefficient (Wildman–Crippen LogP) is 1.08. The molecule has 84 valence electrons. The van der Waals surface area contributed by atoms with Gasteiger partial charge in [-0.3, -0.25) is 4.79 Å². The summed E-state index contributed by atoms with van der Waals surface area (Å²) in [5.74, 6) is 0.155. The van der Waals surface area contributed by atoms with E-state index in [0.29, 0.717) is 32.6 Å². The molecule has 0 amide bonds. The molecule has 0 spiro atoms. The van der Waals surface area contributed by atoms with Gasteiger partial charge in [-0.25, -0.2) is 0 Å². The third kappa shape index (κ3) is 7.00. The molecule has 0 aromatic heterocycles. The van der Waals surface area contributed by atoms with Crippen molar-refractivity contribution in [1.82, 2.24) is 0 Å². The van der Waals surface area contributed by atoms with Gasteiger partial charge in [-0.15, -0.1) is 0 Å². The van der Waals surface area contributed by atoms with E-state index in [2.05, 4.69) is 0 Å². The molecule has 0 aliphatic carbocycles. The van der Waals surface area contributed by atoms with Crippen molar-refractivity contribution in [2.24, 2.45) is 5.73 Å². The maximum atomic E-state index is 11.3. The molecule has 0 unspecified atom stereocenters. The summed E-state index contributed by atoms with van der Waals surface area (Å²) in [6.07, 6.45) is 1.22. The molecule has 0 saturated heterocycles. The van der Waals surface area contributed by atoms with Gasteiger partial charge in [0.25, 0.3) is 0 Å². The highest BCUT2D eigenvalue weighted by Gasteiger charge is 2.12. The summed E-state index contributed by atoms with van der Waals surface area (Å²) in [5, 5.41) is 0. The van der Waals surface area contributed by atoms with Gasteiger partial charge in [-0.05, 0) is 26.8 Å². The average molecular weight is 203 g/mol. The Morgan fingerprint density at radius 2 is 1.86 bits per heavy atom. The third-order valence-electron chi connectivity index (χ3n) is 1.76. The van der Waals surface area contributed by atoms with E-state index in [1.165, 1.54) is 0 Å². The fourth-order valence-corrected chi connectivity index (χ4v) is 1.12. The highest BCUT2D eigenvalue weighted by atomic mass is 16.7. The zero-order valence-electron chi connectivity index (χ0n) is 9.12. The number of carbonyl (C=O) groups excluding carboxylic acids is 1. The molecule has 0 bridgehead atoms. The van der Waals surface area contributed by atoms with Crippen LogP contribution in [0.5, 0.6) is 0 Å². The fraction of sp³-hybridized carbons (Fsp3) is 0.900. The standard InChI is InChI=1S/C10H21NO3/c1-3-13-10(14-4-2)8-9(12)6-5-7-11/h10H,3-8,11H2,1-2H3. The van der Waals surface area contributed by atoms with Gasteiger partial charge in [0.1, 0.15) is 5.78 Å². The molecular formula is C10H21NO3. The van der Waals surface area contributed by atoms with Crippen LogP contribution in [0.4, 0.5) is 0 Å². The number of hydrogen-bond donors (Lipinski definition) is 1. The molecule has 0 atom stereocenters. The summed E-state index contributed by atoms with van der Waals surface area (Å²) in [6, 6.07) is 0. The first kappa shape index (κ1) is 13.5. The Hall–Kier alpha value is -0.450. The monoisotopic (exact) mass is 203 g/mol. The number of ketones is 1. The second kappa shape index (κ2) is 9.12. The molecule has 0 fully saturated rings. The third-order valence-corrected chi connectivity index (χ3v) is 1.76. The number of nitrogens with two attached hydrogens (primary N) is 1. The topological polar surface area (TPSA) is 61.5 Å². The minimum Gasteiger partial charge on any atom is -0.352 e. The first-order chi connectivity index (χ1) is 6.74. The molecule has 0 aliphatic rings. The van der Waals surface area contributed by atoms with Crippen LogP contribution in [0, 0.1) is 0 Å². The molecular weight excluding hydrogens is 182 g/mol. The van der Waals surface area contributed by atoms with Gasteiger partial charge < -0.3 is 15.2 Å². The number of hydrogen-bond acceptors (Lipinski definition) is 4. The van der Waals surface area contributed by atoms with Crippen LogP contribution in [0.15, 0.2) is 0 Å². The largest absolute Gasteiger partial charge is 0.352 e. The molecule has 0 saturated carbocycles. The molecule has 14 heavy (non-hydrogen) atoms. The second-order valence-corrected chi connectivity index (χ2v) is 2.98. The number of ether oxygens (including phenoxy) is 2. The summed E-state index contributed by atoms with van der Waals surface area (Å²) in [7, 11) is 0. The van der Waals surface area contributed by atoms with Crippen LogP contribution in [0.3, 0.4) is 0 Å². The van der Waals surface area contributed by atoms with Crippen molar-refractivity contribution >= 4 is 5.78 Å². The quantitative estimate of drug-likeness (QED) is 0.570. The first-order valence-corrected chi connectivity index (χ1v) is 5.19. The molecule has 0 aromatic rings. The van der Waals surface area contributed by atoms with E-state index < -0.39 is 0 Å². The summed E-state index contributed by atoms with van der Waals surface area (Å²) in [5.41, 5.74) is 5.31. The molecule has 0 aliphatic heterocycles. The summed E-state index contributed by atoms with van der Waals surface area (Å²) in [4.78, 5) is 11.3. The Morgan fingerprint density at radius 1 is 1.29 bits per heavy atom. The van der Waals surface area contributed by atoms with Crippen molar-refractivity contribution in [3.8, 4) is 0 Å². The lowest BCUT2D eigenvalue weighted by Crippen LogP contribution is -2.21. The van der Waals surface area contributed by atoms with Gasteiger partial charge >= 0.3 is 0 Å². The molecule has 2 N–H and O–H groups in total. The van der Waals surface area contributed by atoms with Crippen LogP contribution in [0.2, 0.25) is 0 Å². The summed E-state index contributed by atoms with van der Waals surface area (Å²) >= 11 is 0. The summed E-state index contributed by atoms with van der Waals surface area (Å²) in [6.45, 7) is 5.45. The van der Waals surface area contributed by atoms with Crippen molar-refractivity contribution in [2.45, 2.75) is 39.4 Å². The second-order valence-electron chi connectivity index (χ2n) is 2.98. The lowest BCUT2D eigenvalue weighted by molar-refractivity contribution is -0.152. The molecule has 4 heteroatoms. The van der Waals surface area contributed by atoms with E-state index in [1.807, 2.05) is 13.8 Å². The Morgan fingerprint density at radius 3 is 2.29 bits per heavy atom. The van der Waals surface area contributed by atoms with E-state index in [9.17, 15) is 4.79 Å². The van der Waals surface area contributed by atoms with Crippen molar-refractivity contribution in [2.75, 3.05) is 19.8 Å². The zero-order chi connectivity index (χ0) is 10.8. The Balaban J connectivity index is 3.71. The van der Waals surface area contributed by atoms with E-state index >= 15 is 0 Å². The van der Waals surface area contributed by atoms with Gasteiger partial charge in [0.05, 0.1) is 6.42 Å². The smallest absolute Gasteiger partial charge is 0.164 e. The van der Waals surface area contributed by atoms with Gasteiger partial charge in [-0.1, -0.05) is 0 Å². The first-order valence-electron chi connectivity index (χ1n) is 5.19. The van der Waals surface area contributed by atoms with Crippen LogP contribution in [-0.4, -0.2) is 31.8 Å². The van der Waals surface area contributed by atoms with Gasteiger partial charge in [-0.2, -0.15) is 0 Å². The molecule has 0 rings (SSSR count). The maximum Gasteiger partial charge on any atom is 0.164 e. The van der Waals surface area contributed by atoms with E-state index in [4.69, 9.17) is 15.2 Å². The highest BCUT2D eigenvalue weighted by molar-refractivity contribution is 5.78. The average Bonchev–Trinajstić information content (AvgIpc) is 2.15. The van der Waals surface area contributed by atoms with Crippen LogP contribution in [-0.2, 0) is 14.3 Å². The van der Waals surface area contributed by atoms with Crippen molar-refractivity contribution in [1.29, 1.82) is 0 Å². The molecule has 0 aromatic carbocycles. The number of carbonyl (C=O) groups is 1. The lowest BCUT2D eigenvalue weighted by Gasteiger charge is -2.15. The normalized spacial score (nSPS) is 10.9. The van der Waals surface area contributed by atoms with Crippen molar-refractivity contribution < 1.29 is 14.3 Å². The van der Waals surface area contributed by atoms with Crippen LogP contribution >= 0.6 is 0 Å². The van der Waals surface area contributed by atoms with E-state index in [1.54, 1.807) is 0 Å². The van der Waals surface area contributed by atoms with Crippen molar-refractivity contribution in [3.05, 3.63) is 0 Å². The number of Topliss-reactive ketones (excluding diaryl/α,β-unsaturated/α-hetero) is 1. The van der Waals surface area contributed by atoms with Gasteiger partial charge in [0.2, 0.25) is 0 Å². The highest BCUT2D eigenvalue weighted by Crippen LogP contribution is 2.04. The Labute approximate surface area is 85.8 Å². The minimum atomic E-state index is -0.379. The predicted molar refractivity (Wildman–Crippen MR) is 55.0 cm³/mol. The Kier molecular flexibility index (Phi) is 8.83. The number of rotatable bonds is 9. The Bertz CT molecular complexity index is 144. The summed E-state index contributed by atoms with van der Waals surface area (Å²) < 4.78 is 10.5. The van der Waals surface area contributed by atoms with Gasteiger partial charge in [0, 0.05) is 19.6 Å². The minimum absolute atomic E-state index is 0.155. The van der Waals surface area contributed by atoms with Crippen LogP contribution < -0.4 is 5.73 Å².